The zero-order valence-electron chi connectivity index (χ0n) is 8.67. The van der Waals surface area contributed by atoms with E-state index in [0.29, 0.717) is 5.75 Å². The maximum Gasteiger partial charge on any atom is 0.116 e. The third-order valence-electron chi connectivity index (χ3n) is 3.26. The highest BCUT2D eigenvalue weighted by Gasteiger charge is 2.42. The molecular formula is C12H14N2O. The Morgan fingerprint density at radius 3 is 2.80 bits per heavy atom. The van der Waals surface area contributed by atoms with Crippen molar-refractivity contribution in [2.75, 3.05) is 0 Å². The summed E-state index contributed by atoms with van der Waals surface area (Å²) in [7, 11) is 0. The molecular weight excluding hydrogens is 188 g/mol. The van der Waals surface area contributed by atoms with Gasteiger partial charge in [0.1, 0.15) is 5.75 Å². The maximum absolute atomic E-state index is 9.50. The van der Waals surface area contributed by atoms with Crippen molar-refractivity contribution in [2.45, 2.75) is 25.3 Å². The van der Waals surface area contributed by atoms with Crippen LogP contribution in [-0.2, 0) is 5.54 Å². The van der Waals surface area contributed by atoms with E-state index in [0.717, 1.165) is 29.4 Å². The van der Waals surface area contributed by atoms with Gasteiger partial charge in [-0.3, -0.25) is 0 Å². The van der Waals surface area contributed by atoms with Crippen LogP contribution in [0.2, 0.25) is 0 Å². The van der Waals surface area contributed by atoms with Crippen LogP contribution in [0.25, 0.3) is 10.9 Å². The maximum atomic E-state index is 9.50. The quantitative estimate of drug-likeness (QED) is 0.663. The molecule has 1 fully saturated rings. The number of aryl methyl sites for hydroxylation is 1. The van der Waals surface area contributed by atoms with Gasteiger partial charge >= 0.3 is 0 Å². The predicted octanol–water partition coefficient (Wildman–Crippen LogP) is 2.13. The standard InChI is InChI=1S/C12H14N2O/c1-7-11(12(13)4-5-12)9-6-8(15)2-3-10(9)14-7/h2-3,6,14-15H,4-5,13H2,1H3. The summed E-state index contributed by atoms with van der Waals surface area (Å²) >= 11 is 0. The summed E-state index contributed by atoms with van der Waals surface area (Å²) in [6, 6.07) is 5.38. The molecule has 1 aromatic carbocycles. The minimum atomic E-state index is -0.157. The predicted molar refractivity (Wildman–Crippen MR) is 59.8 cm³/mol. The van der Waals surface area contributed by atoms with E-state index in [-0.39, 0.29) is 5.54 Å². The lowest BCUT2D eigenvalue weighted by Gasteiger charge is -2.08. The molecule has 0 radical (unpaired) electrons. The number of fused-ring (bicyclic) bond motifs is 1. The molecule has 3 nitrogen and oxygen atoms in total. The Labute approximate surface area is 87.9 Å². The fourth-order valence-corrected chi connectivity index (χ4v) is 2.34. The number of phenols is 1. The molecule has 15 heavy (non-hydrogen) atoms. The van der Waals surface area contributed by atoms with Gasteiger partial charge < -0.3 is 15.8 Å². The van der Waals surface area contributed by atoms with E-state index in [1.807, 2.05) is 13.0 Å². The van der Waals surface area contributed by atoms with E-state index in [4.69, 9.17) is 5.73 Å². The van der Waals surface area contributed by atoms with E-state index in [9.17, 15) is 5.11 Å². The fourth-order valence-electron chi connectivity index (χ4n) is 2.34. The molecule has 78 valence electrons. The van der Waals surface area contributed by atoms with Gasteiger partial charge in [0.2, 0.25) is 0 Å². The molecule has 1 aliphatic carbocycles. The SMILES string of the molecule is Cc1[nH]c2ccc(O)cc2c1C1(N)CC1. The lowest BCUT2D eigenvalue weighted by Crippen LogP contribution is -2.19. The summed E-state index contributed by atoms with van der Waals surface area (Å²) in [5, 5.41) is 10.6. The number of H-pyrrole nitrogens is 1. The number of aromatic hydroxyl groups is 1. The van der Waals surface area contributed by atoms with Crippen LogP contribution < -0.4 is 5.73 Å². The average molecular weight is 202 g/mol. The normalized spacial score (nSPS) is 18.3. The molecule has 0 atom stereocenters. The van der Waals surface area contributed by atoms with Gasteiger partial charge in [0.05, 0.1) is 0 Å². The van der Waals surface area contributed by atoms with Crippen LogP contribution in [0.15, 0.2) is 18.2 Å². The second kappa shape index (κ2) is 2.55. The molecule has 3 heteroatoms. The van der Waals surface area contributed by atoms with Gasteiger partial charge in [-0.1, -0.05) is 0 Å². The van der Waals surface area contributed by atoms with Crippen molar-refractivity contribution in [1.29, 1.82) is 0 Å². The van der Waals surface area contributed by atoms with E-state index < -0.39 is 0 Å². The number of hydrogen-bond acceptors (Lipinski definition) is 2. The van der Waals surface area contributed by atoms with E-state index >= 15 is 0 Å². The number of rotatable bonds is 1. The van der Waals surface area contributed by atoms with Crippen LogP contribution in [-0.4, -0.2) is 10.1 Å². The van der Waals surface area contributed by atoms with Crippen molar-refractivity contribution in [3.8, 4) is 5.75 Å². The highest BCUT2D eigenvalue weighted by molar-refractivity contribution is 5.87. The first-order valence-corrected chi connectivity index (χ1v) is 5.21. The molecule has 0 bridgehead atoms. The number of nitrogens with two attached hydrogens (primary N) is 1. The molecule has 2 aromatic rings. The second-order valence-corrected chi connectivity index (χ2v) is 4.51. The minimum Gasteiger partial charge on any atom is -0.508 e. The lowest BCUT2D eigenvalue weighted by atomic mass is 10.0. The molecule has 1 heterocycles. The van der Waals surface area contributed by atoms with Crippen LogP contribution >= 0.6 is 0 Å². The van der Waals surface area contributed by atoms with E-state index in [1.54, 1.807) is 12.1 Å². The van der Waals surface area contributed by atoms with Gasteiger partial charge in [-0.15, -0.1) is 0 Å². The molecule has 1 aliphatic rings. The molecule has 1 aromatic heterocycles. The number of aromatic nitrogens is 1. The van der Waals surface area contributed by atoms with Crippen LogP contribution in [0.3, 0.4) is 0 Å². The Hall–Kier alpha value is -1.48. The Bertz CT molecular complexity index is 538. The molecule has 0 amide bonds. The molecule has 4 N–H and O–H groups in total. The van der Waals surface area contributed by atoms with Crippen molar-refractivity contribution in [1.82, 2.24) is 4.98 Å². The van der Waals surface area contributed by atoms with E-state index in [2.05, 4.69) is 4.98 Å². The topological polar surface area (TPSA) is 62.0 Å². The average Bonchev–Trinajstić information content (AvgIpc) is 2.80. The van der Waals surface area contributed by atoms with Crippen LogP contribution in [0, 0.1) is 6.92 Å². The fraction of sp³-hybridized carbons (Fsp3) is 0.333. The Morgan fingerprint density at radius 2 is 2.13 bits per heavy atom. The summed E-state index contributed by atoms with van der Waals surface area (Å²) < 4.78 is 0. The monoisotopic (exact) mass is 202 g/mol. The van der Waals surface area contributed by atoms with E-state index in [1.165, 1.54) is 5.56 Å². The Morgan fingerprint density at radius 1 is 1.40 bits per heavy atom. The first-order chi connectivity index (χ1) is 7.10. The lowest BCUT2D eigenvalue weighted by molar-refractivity contribution is 0.476. The van der Waals surface area contributed by atoms with Crippen LogP contribution in [0.5, 0.6) is 5.75 Å². The third kappa shape index (κ3) is 1.16. The molecule has 1 saturated carbocycles. The summed E-state index contributed by atoms with van der Waals surface area (Å²) in [6.45, 7) is 2.04. The zero-order chi connectivity index (χ0) is 10.6. The Kier molecular flexibility index (Phi) is 1.50. The summed E-state index contributed by atoms with van der Waals surface area (Å²) in [5.41, 5.74) is 9.42. The first-order valence-electron chi connectivity index (χ1n) is 5.21. The van der Waals surface area contributed by atoms with Gasteiger partial charge in [0.15, 0.2) is 0 Å². The first kappa shape index (κ1) is 8.80. The van der Waals surface area contributed by atoms with Crippen LogP contribution in [0.4, 0.5) is 0 Å². The second-order valence-electron chi connectivity index (χ2n) is 4.51. The minimum absolute atomic E-state index is 0.157. The van der Waals surface area contributed by atoms with Gasteiger partial charge in [-0.05, 0) is 38.0 Å². The molecule has 0 spiro atoms. The van der Waals surface area contributed by atoms with Gasteiger partial charge in [0.25, 0.3) is 0 Å². The van der Waals surface area contributed by atoms with Crippen molar-refractivity contribution >= 4 is 10.9 Å². The summed E-state index contributed by atoms with van der Waals surface area (Å²) in [6.07, 6.45) is 2.08. The third-order valence-corrected chi connectivity index (χ3v) is 3.26. The van der Waals surface area contributed by atoms with Crippen molar-refractivity contribution in [2.24, 2.45) is 5.73 Å². The molecule has 3 rings (SSSR count). The Balaban J connectivity index is 2.35. The number of benzene rings is 1. The van der Waals surface area contributed by atoms with Crippen LogP contribution in [0.1, 0.15) is 24.1 Å². The molecule has 0 saturated heterocycles. The summed E-state index contributed by atoms with van der Waals surface area (Å²) in [5.74, 6) is 0.298. The number of aromatic amines is 1. The van der Waals surface area contributed by atoms with Gasteiger partial charge in [-0.25, -0.2) is 0 Å². The number of nitrogens with one attached hydrogen (secondary N) is 1. The smallest absolute Gasteiger partial charge is 0.116 e. The van der Waals surface area contributed by atoms with Crippen molar-refractivity contribution in [3.05, 3.63) is 29.5 Å². The highest BCUT2D eigenvalue weighted by Crippen LogP contribution is 2.47. The number of phenolic OH excluding ortho intramolecular Hbond substituents is 1. The van der Waals surface area contributed by atoms with Crippen molar-refractivity contribution in [3.63, 3.8) is 0 Å². The molecule has 0 unspecified atom stereocenters. The zero-order valence-corrected chi connectivity index (χ0v) is 8.67. The summed E-state index contributed by atoms with van der Waals surface area (Å²) in [4.78, 5) is 3.31. The van der Waals surface area contributed by atoms with Crippen molar-refractivity contribution < 1.29 is 5.11 Å². The number of hydrogen-bond donors (Lipinski definition) is 3. The molecule has 0 aliphatic heterocycles. The van der Waals surface area contributed by atoms with Gasteiger partial charge in [0, 0.05) is 27.7 Å². The highest BCUT2D eigenvalue weighted by atomic mass is 16.3. The largest absolute Gasteiger partial charge is 0.508 e. The van der Waals surface area contributed by atoms with Gasteiger partial charge in [-0.2, -0.15) is 0 Å².